The summed E-state index contributed by atoms with van der Waals surface area (Å²) in [5.74, 6) is -1.11. The Morgan fingerprint density at radius 1 is 1.33 bits per heavy atom. The van der Waals surface area contributed by atoms with Gasteiger partial charge in [0.15, 0.2) is 0 Å². The fraction of sp³-hybridized carbons (Fsp3) is 0.500. The van der Waals surface area contributed by atoms with E-state index in [0.717, 1.165) is 0 Å². The molecule has 1 radical (unpaired) electrons. The monoisotopic (exact) mass is 281 g/mol. The summed E-state index contributed by atoms with van der Waals surface area (Å²) in [5, 5.41) is 0. The van der Waals surface area contributed by atoms with Crippen LogP contribution in [0.1, 0.15) is 0 Å². The second-order valence-corrected chi connectivity index (χ2v) is 3.30. The quantitative estimate of drug-likeness (QED) is 0.632. The van der Waals surface area contributed by atoms with Crippen molar-refractivity contribution in [1.29, 1.82) is 0 Å². The van der Waals surface area contributed by atoms with Gasteiger partial charge in [-0.25, -0.2) is 4.79 Å². The van der Waals surface area contributed by atoms with Crippen molar-refractivity contribution >= 4 is 111 Å². The topological polar surface area (TPSA) is 26.3 Å². The summed E-state index contributed by atoms with van der Waals surface area (Å²) < 4.78 is 1.48. The zero-order valence-corrected chi connectivity index (χ0v) is 12.3. The summed E-state index contributed by atoms with van der Waals surface area (Å²) in [6, 6.07) is 0. The third-order valence-corrected chi connectivity index (χ3v) is 0.905. The van der Waals surface area contributed by atoms with Gasteiger partial charge in [-0.15, -0.1) is 0 Å². The van der Waals surface area contributed by atoms with E-state index in [4.69, 9.17) is 34.8 Å². The third-order valence-electron chi connectivity index (χ3n) is 0.302. The van der Waals surface area contributed by atoms with Gasteiger partial charge in [-0.2, -0.15) is 0 Å². The zero-order valence-electron chi connectivity index (χ0n) is 4.33. The summed E-state index contributed by atoms with van der Waals surface area (Å²) >= 11 is 19.4. The summed E-state index contributed by atoms with van der Waals surface area (Å²) in [5.41, 5.74) is 0. The molecule has 0 aromatic carbocycles. The number of carbonyl (C=O) groups excluding carboxylic acids is 1. The van der Waals surface area contributed by atoms with E-state index in [1.165, 1.54) is 0 Å². The molecule has 0 N–H and O–H groups in total. The molecule has 0 saturated carbocycles. The molecule has 0 fully saturated rings. The Morgan fingerprint density at radius 3 is 1.67 bits per heavy atom. The van der Waals surface area contributed by atoms with Gasteiger partial charge in [0, 0.05) is 58.2 Å². The molecule has 0 aromatic heterocycles. The van der Waals surface area contributed by atoms with Crippen LogP contribution in [-0.2, 0) is 9.08 Å². The zero-order chi connectivity index (χ0) is 6.78. The molecule has 0 rings (SSSR count). The molecule has 0 heterocycles. The first-order chi connectivity index (χ1) is 3.48. The Balaban J connectivity index is 0. The second-order valence-electron chi connectivity index (χ2n) is 0.862. The van der Waals surface area contributed by atoms with Gasteiger partial charge < -0.3 is 4.29 Å². The number of halogens is 4. The van der Waals surface area contributed by atoms with Crippen LogP contribution in [-0.4, -0.2) is 67.9 Å². The van der Waals surface area contributed by atoms with E-state index >= 15 is 0 Å². The van der Waals surface area contributed by atoms with Crippen LogP contribution in [0.15, 0.2) is 0 Å². The Hall–Kier alpha value is 2.44. The molecule has 7 heteroatoms. The SMILES string of the molecule is O=C(OCl)C(Cl)(Cl)Cl.[Rb]. The molecule has 0 aliphatic heterocycles. The van der Waals surface area contributed by atoms with Gasteiger partial charge in [-0.3, -0.25) is 0 Å². The Bertz CT molecular complexity index is 99.2. The predicted octanol–water partition coefficient (Wildman–Crippen LogP) is 1.67. The molecule has 2 nitrogen and oxygen atoms in total. The fourth-order valence-corrected chi connectivity index (χ4v) is 0.394. The van der Waals surface area contributed by atoms with E-state index in [1.54, 1.807) is 0 Å². The van der Waals surface area contributed by atoms with Crippen LogP contribution in [0.4, 0.5) is 0 Å². The molecule has 0 spiro atoms. The molecule has 49 valence electrons. The van der Waals surface area contributed by atoms with Gasteiger partial charge in [0.05, 0.1) is 0 Å². The normalized spacial score (nSPS) is 9.78. The maximum absolute atomic E-state index is 10.1. The first kappa shape index (κ1) is 14.0. The van der Waals surface area contributed by atoms with Crippen LogP contribution >= 0.6 is 46.7 Å². The minimum absolute atomic E-state index is 0. The van der Waals surface area contributed by atoms with Crippen molar-refractivity contribution in [2.24, 2.45) is 0 Å². The summed E-state index contributed by atoms with van der Waals surface area (Å²) in [4.78, 5) is 10.1. The molecule has 0 unspecified atom stereocenters. The van der Waals surface area contributed by atoms with E-state index in [0.29, 0.717) is 0 Å². The molecule has 0 amide bonds. The van der Waals surface area contributed by atoms with E-state index in [1.807, 2.05) is 0 Å². The molecule has 9 heavy (non-hydrogen) atoms. The van der Waals surface area contributed by atoms with Crippen molar-refractivity contribution in [3.8, 4) is 0 Å². The Labute approximate surface area is 121 Å². The maximum atomic E-state index is 10.1. The summed E-state index contributed by atoms with van der Waals surface area (Å²) in [6.45, 7) is 0. The summed E-state index contributed by atoms with van der Waals surface area (Å²) in [7, 11) is 0. The number of rotatable bonds is 0. The molecule has 0 aliphatic carbocycles. The van der Waals surface area contributed by atoms with Crippen molar-refractivity contribution in [3.63, 3.8) is 0 Å². The van der Waals surface area contributed by atoms with Gasteiger partial charge in [0.1, 0.15) is 11.9 Å². The van der Waals surface area contributed by atoms with Crippen molar-refractivity contribution in [1.82, 2.24) is 0 Å². The maximum Gasteiger partial charge on any atom is 0.376 e. The molecular formula is C2Cl4O2Rb. The van der Waals surface area contributed by atoms with Crippen LogP contribution in [0.2, 0.25) is 0 Å². The van der Waals surface area contributed by atoms with Gasteiger partial charge >= 0.3 is 5.97 Å². The first-order valence-corrected chi connectivity index (χ1v) is 2.82. The molecular weight excluding hydrogens is 283 g/mol. The minimum Gasteiger partial charge on any atom is -0.343 e. The molecule has 0 aliphatic rings. The molecule has 0 bridgehead atoms. The van der Waals surface area contributed by atoms with Crippen molar-refractivity contribution in [2.75, 3.05) is 0 Å². The van der Waals surface area contributed by atoms with E-state index in [9.17, 15) is 4.79 Å². The van der Waals surface area contributed by atoms with Crippen LogP contribution in [0, 0.1) is 0 Å². The van der Waals surface area contributed by atoms with Gasteiger partial charge in [0.2, 0.25) is 0 Å². The molecule has 0 saturated heterocycles. The smallest absolute Gasteiger partial charge is 0.343 e. The van der Waals surface area contributed by atoms with Gasteiger partial charge in [-0.1, -0.05) is 34.8 Å². The molecule has 0 aromatic rings. The van der Waals surface area contributed by atoms with Crippen LogP contribution in [0.3, 0.4) is 0 Å². The minimum atomic E-state index is -2.07. The first-order valence-electron chi connectivity index (χ1n) is 1.38. The largest absolute Gasteiger partial charge is 0.376 e. The average molecular weight is 283 g/mol. The van der Waals surface area contributed by atoms with Crippen LogP contribution in [0.25, 0.3) is 0 Å². The van der Waals surface area contributed by atoms with Gasteiger partial charge in [0.25, 0.3) is 3.79 Å². The average Bonchev–Trinajstić information content (AvgIpc) is 1.62. The Kier molecular flexibility index (Phi) is 9.34. The predicted molar refractivity (Wildman–Crippen MR) is 38.0 cm³/mol. The van der Waals surface area contributed by atoms with Crippen molar-refractivity contribution in [2.45, 2.75) is 3.79 Å². The number of hydrogen-bond donors (Lipinski definition) is 0. The van der Waals surface area contributed by atoms with Gasteiger partial charge in [-0.05, 0) is 0 Å². The van der Waals surface area contributed by atoms with Crippen LogP contribution in [0.5, 0.6) is 0 Å². The Morgan fingerprint density at radius 2 is 1.67 bits per heavy atom. The fourth-order valence-electron chi connectivity index (χ4n) is 0.0437. The van der Waals surface area contributed by atoms with E-state index < -0.39 is 9.76 Å². The number of carbonyl (C=O) groups is 1. The number of hydrogen-bond acceptors (Lipinski definition) is 2. The summed E-state index contributed by atoms with van der Waals surface area (Å²) in [6.07, 6.45) is 0. The van der Waals surface area contributed by atoms with E-state index in [-0.39, 0.29) is 58.2 Å². The third kappa shape index (κ3) is 6.82. The van der Waals surface area contributed by atoms with Crippen LogP contribution < -0.4 is 0 Å². The van der Waals surface area contributed by atoms with Crippen molar-refractivity contribution in [3.05, 3.63) is 0 Å². The molecule has 0 atom stereocenters. The standard InChI is InChI=1S/C2Cl4O2.Rb/c3-2(4,5)1(7)8-6;. The second kappa shape index (κ2) is 6.01. The van der Waals surface area contributed by atoms with Crippen molar-refractivity contribution < 1.29 is 9.08 Å². The van der Waals surface area contributed by atoms with E-state index in [2.05, 4.69) is 16.2 Å². The number of alkyl halides is 3.